The first-order valence-electron chi connectivity index (χ1n) is 7.32. The number of para-hydroxylation sites is 1. The van der Waals surface area contributed by atoms with E-state index in [1.807, 2.05) is 26.0 Å². The first kappa shape index (κ1) is 15.0. The number of carbonyl (C=O) groups is 1. The second-order valence-electron chi connectivity index (χ2n) is 5.43. The van der Waals surface area contributed by atoms with Gasteiger partial charge in [-0.15, -0.1) is 0 Å². The molecule has 1 aliphatic rings. The summed E-state index contributed by atoms with van der Waals surface area (Å²) in [6.45, 7) is 8.97. The van der Waals surface area contributed by atoms with E-state index in [2.05, 4.69) is 23.2 Å². The molecule has 1 heterocycles. The van der Waals surface area contributed by atoms with Crippen molar-refractivity contribution >= 4 is 11.6 Å². The summed E-state index contributed by atoms with van der Waals surface area (Å²) in [6.07, 6.45) is 1.13. The van der Waals surface area contributed by atoms with Gasteiger partial charge >= 0.3 is 0 Å². The third-order valence-electron chi connectivity index (χ3n) is 3.70. The predicted octanol–water partition coefficient (Wildman–Crippen LogP) is 2.22. The van der Waals surface area contributed by atoms with Gasteiger partial charge in [0.05, 0.1) is 19.3 Å². The SMILES string of the molecule is CCc1cccc(C)c1NC(=O)CN1CCOC(C)C1. The molecular formula is C16H24N2O2. The molecule has 0 radical (unpaired) electrons. The van der Waals surface area contributed by atoms with Crippen molar-refractivity contribution in [3.05, 3.63) is 29.3 Å². The van der Waals surface area contributed by atoms with E-state index in [9.17, 15) is 4.79 Å². The van der Waals surface area contributed by atoms with Crippen LogP contribution in [0.25, 0.3) is 0 Å². The number of nitrogens with one attached hydrogen (secondary N) is 1. The maximum absolute atomic E-state index is 12.2. The molecule has 4 nitrogen and oxygen atoms in total. The minimum atomic E-state index is 0.0584. The fourth-order valence-corrected chi connectivity index (χ4v) is 2.62. The molecule has 1 aromatic carbocycles. The summed E-state index contributed by atoms with van der Waals surface area (Å²) < 4.78 is 5.49. The lowest BCUT2D eigenvalue weighted by Gasteiger charge is -2.30. The molecule has 1 N–H and O–H groups in total. The molecule has 110 valence electrons. The Balaban J connectivity index is 1.98. The van der Waals surface area contributed by atoms with E-state index < -0.39 is 0 Å². The molecule has 1 unspecified atom stereocenters. The van der Waals surface area contributed by atoms with Gasteiger partial charge in [0.25, 0.3) is 0 Å². The molecule has 1 amide bonds. The molecule has 4 heteroatoms. The summed E-state index contributed by atoms with van der Waals surface area (Å²) in [5, 5.41) is 3.07. The minimum absolute atomic E-state index is 0.0584. The summed E-state index contributed by atoms with van der Waals surface area (Å²) >= 11 is 0. The van der Waals surface area contributed by atoms with Crippen molar-refractivity contribution in [1.82, 2.24) is 4.90 Å². The standard InChI is InChI=1S/C16H24N2O2/c1-4-14-7-5-6-12(2)16(14)17-15(19)11-18-8-9-20-13(3)10-18/h5-7,13H,4,8-11H2,1-3H3,(H,17,19). The molecule has 0 spiro atoms. The van der Waals surface area contributed by atoms with Crippen LogP contribution in [0.1, 0.15) is 25.0 Å². The summed E-state index contributed by atoms with van der Waals surface area (Å²) in [5.74, 6) is 0.0584. The Bertz CT molecular complexity index is 474. The maximum atomic E-state index is 12.2. The van der Waals surface area contributed by atoms with E-state index in [1.54, 1.807) is 0 Å². The highest BCUT2D eigenvalue weighted by molar-refractivity contribution is 5.93. The molecule has 0 aliphatic carbocycles. The van der Waals surface area contributed by atoms with Crippen LogP contribution in [-0.2, 0) is 16.0 Å². The molecule has 1 fully saturated rings. The maximum Gasteiger partial charge on any atom is 0.238 e. The number of hydrogen-bond donors (Lipinski definition) is 1. The Labute approximate surface area is 121 Å². The van der Waals surface area contributed by atoms with Gasteiger partial charge in [0, 0.05) is 18.8 Å². The number of nitrogens with zero attached hydrogens (tertiary/aromatic N) is 1. The van der Waals surface area contributed by atoms with Crippen LogP contribution >= 0.6 is 0 Å². The highest BCUT2D eigenvalue weighted by Gasteiger charge is 2.19. The largest absolute Gasteiger partial charge is 0.376 e. The summed E-state index contributed by atoms with van der Waals surface area (Å²) in [7, 11) is 0. The summed E-state index contributed by atoms with van der Waals surface area (Å²) in [4.78, 5) is 14.4. The molecule has 1 aromatic rings. The number of anilines is 1. The first-order chi connectivity index (χ1) is 9.60. The van der Waals surface area contributed by atoms with Gasteiger partial charge < -0.3 is 10.1 Å². The molecule has 1 saturated heterocycles. The number of amides is 1. The molecule has 2 rings (SSSR count). The number of carbonyl (C=O) groups excluding carboxylic acids is 1. The van der Waals surface area contributed by atoms with Gasteiger partial charge in [0.15, 0.2) is 0 Å². The Kier molecular flexibility index (Phi) is 5.15. The average Bonchev–Trinajstić information content (AvgIpc) is 2.41. The van der Waals surface area contributed by atoms with E-state index in [0.717, 1.165) is 30.8 Å². The van der Waals surface area contributed by atoms with Gasteiger partial charge in [-0.25, -0.2) is 0 Å². The predicted molar refractivity (Wildman–Crippen MR) is 81.0 cm³/mol. The second-order valence-corrected chi connectivity index (χ2v) is 5.43. The van der Waals surface area contributed by atoms with Crippen molar-refractivity contribution < 1.29 is 9.53 Å². The Morgan fingerprint density at radius 2 is 2.30 bits per heavy atom. The quantitative estimate of drug-likeness (QED) is 0.917. The molecular weight excluding hydrogens is 252 g/mol. The fraction of sp³-hybridized carbons (Fsp3) is 0.562. The van der Waals surface area contributed by atoms with Crippen LogP contribution in [0.2, 0.25) is 0 Å². The number of benzene rings is 1. The molecule has 0 aromatic heterocycles. The zero-order valence-corrected chi connectivity index (χ0v) is 12.6. The van der Waals surface area contributed by atoms with Crippen LogP contribution in [0.5, 0.6) is 0 Å². The summed E-state index contributed by atoms with van der Waals surface area (Å²) in [5.41, 5.74) is 3.28. The van der Waals surface area contributed by atoms with Gasteiger partial charge in [-0.3, -0.25) is 9.69 Å². The Morgan fingerprint density at radius 3 is 3.00 bits per heavy atom. The lowest BCUT2D eigenvalue weighted by atomic mass is 10.1. The highest BCUT2D eigenvalue weighted by atomic mass is 16.5. The van der Waals surface area contributed by atoms with E-state index in [0.29, 0.717) is 13.2 Å². The Hall–Kier alpha value is -1.39. The minimum Gasteiger partial charge on any atom is -0.376 e. The van der Waals surface area contributed by atoms with E-state index in [-0.39, 0.29) is 12.0 Å². The number of morpholine rings is 1. The topological polar surface area (TPSA) is 41.6 Å². The summed E-state index contributed by atoms with van der Waals surface area (Å²) in [6, 6.07) is 6.14. The zero-order valence-electron chi connectivity index (χ0n) is 12.6. The second kappa shape index (κ2) is 6.86. The van der Waals surface area contributed by atoms with Crippen LogP contribution in [-0.4, -0.2) is 43.2 Å². The monoisotopic (exact) mass is 276 g/mol. The van der Waals surface area contributed by atoms with Gasteiger partial charge in [-0.2, -0.15) is 0 Å². The van der Waals surface area contributed by atoms with Crippen molar-refractivity contribution in [2.75, 3.05) is 31.6 Å². The van der Waals surface area contributed by atoms with Crippen LogP contribution in [0, 0.1) is 6.92 Å². The van der Waals surface area contributed by atoms with Crippen molar-refractivity contribution in [2.24, 2.45) is 0 Å². The molecule has 1 aliphatic heterocycles. The van der Waals surface area contributed by atoms with Crippen LogP contribution < -0.4 is 5.32 Å². The lowest BCUT2D eigenvalue weighted by Crippen LogP contribution is -2.44. The van der Waals surface area contributed by atoms with Crippen molar-refractivity contribution in [2.45, 2.75) is 33.3 Å². The first-order valence-corrected chi connectivity index (χ1v) is 7.32. The average molecular weight is 276 g/mol. The lowest BCUT2D eigenvalue weighted by molar-refractivity contribution is -0.119. The van der Waals surface area contributed by atoms with Crippen molar-refractivity contribution in [3.63, 3.8) is 0 Å². The number of aryl methyl sites for hydroxylation is 2. The fourth-order valence-electron chi connectivity index (χ4n) is 2.62. The van der Waals surface area contributed by atoms with Crippen LogP contribution in [0.4, 0.5) is 5.69 Å². The third-order valence-corrected chi connectivity index (χ3v) is 3.70. The molecule has 0 bridgehead atoms. The molecule has 0 saturated carbocycles. The van der Waals surface area contributed by atoms with E-state index in [1.165, 1.54) is 5.56 Å². The van der Waals surface area contributed by atoms with Crippen LogP contribution in [0.15, 0.2) is 18.2 Å². The van der Waals surface area contributed by atoms with Crippen molar-refractivity contribution in [3.8, 4) is 0 Å². The number of hydrogen-bond acceptors (Lipinski definition) is 3. The Morgan fingerprint density at radius 1 is 1.50 bits per heavy atom. The normalized spacial score (nSPS) is 19.9. The highest BCUT2D eigenvalue weighted by Crippen LogP contribution is 2.21. The third kappa shape index (κ3) is 3.81. The van der Waals surface area contributed by atoms with E-state index in [4.69, 9.17) is 4.74 Å². The van der Waals surface area contributed by atoms with Gasteiger partial charge in [-0.1, -0.05) is 25.1 Å². The van der Waals surface area contributed by atoms with Gasteiger partial charge in [-0.05, 0) is 31.4 Å². The number of rotatable bonds is 4. The van der Waals surface area contributed by atoms with Crippen LogP contribution in [0.3, 0.4) is 0 Å². The van der Waals surface area contributed by atoms with Gasteiger partial charge in [0.2, 0.25) is 5.91 Å². The number of ether oxygens (including phenoxy) is 1. The smallest absolute Gasteiger partial charge is 0.238 e. The van der Waals surface area contributed by atoms with E-state index >= 15 is 0 Å². The van der Waals surface area contributed by atoms with Crippen molar-refractivity contribution in [1.29, 1.82) is 0 Å². The zero-order chi connectivity index (χ0) is 14.5. The molecule has 1 atom stereocenters. The molecule has 20 heavy (non-hydrogen) atoms. The van der Waals surface area contributed by atoms with Gasteiger partial charge in [0.1, 0.15) is 0 Å².